The molecule has 0 N–H and O–H groups in total. The van der Waals surface area contributed by atoms with Gasteiger partial charge in [0.1, 0.15) is 0 Å². The fraction of sp³-hybridized carbons (Fsp3) is 0.500. The van der Waals surface area contributed by atoms with Crippen LogP contribution in [0.3, 0.4) is 0 Å². The zero-order chi connectivity index (χ0) is 16.1. The predicted molar refractivity (Wildman–Crippen MR) is 99.3 cm³/mol. The molecule has 3 nitrogen and oxygen atoms in total. The standard InChI is InChI=1S/C18H19ClINO2/c1-23-18(22)17-14-8-13-4-5-16(17)21(13)9-11(14)6-10-2-3-12(20)7-15(10)19/h2-3,6-7,13-14,16-17H,4-5,8-9H2,1H3/b11-6+. The van der Waals surface area contributed by atoms with E-state index in [-0.39, 0.29) is 11.9 Å². The largest absolute Gasteiger partial charge is 0.469 e. The van der Waals surface area contributed by atoms with Crippen LogP contribution in [-0.4, -0.2) is 36.6 Å². The Morgan fingerprint density at radius 1 is 1.43 bits per heavy atom. The molecule has 1 aromatic carbocycles. The summed E-state index contributed by atoms with van der Waals surface area (Å²) >= 11 is 8.66. The number of nitrogens with zero attached hydrogens (tertiary/aromatic N) is 1. The summed E-state index contributed by atoms with van der Waals surface area (Å²) in [5.41, 5.74) is 2.38. The van der Waals surface area contributed by atoms with Crippen LogP contribution in [0.2, 0.25) is 5.02 Å². The van der Waals surface area contributed by atoms with Gasteiger partial charge in [0.2, 0.25) is 0 Å². The molecule has 0 saturated carbocycles. The number of ether oxygens (including phenoxy) is 1. The third-order valence-electron chi connectivity index (χ3n) is 5.68. The van der Waals surface area contributed by atoms with Crippen molar-refractivity contribution in [2.45, 2.75) is 31.3 Å². The summed E-state index contributed by atoms with van der Waals surface area (Å²) in [7, 11) is 1.51. The van der Waals surface area contributed by atoms with Crippen LogP contribution in [0.4, 0.5) is 0 Å². The topological polar surface area (TPSA) is 29.5 Å². The average molecular weight is 444 g/mol. The SMILES string of the molecule is COC(=O)C1C2CC3CCC1N3C/C2=C\c1ccc(I)cc1Cl. The van der Waals surface area contributed by atoms with Crippen molar-refractivity contribution in [1.29, 1.82) is 0 Å². The lowest BCUT2D eigenvalue weighted by Crippen LogP contribution is -2.58. The monoisotopic (exact) mass is 443 g/mol. The van der Waals surface area contributed by atoms with Gasteiger partial charge in [-0.1, -0.05) is 29.3 Å². The Morgan fingerprint density at radius 3 is 3.00 bits per heavy atom. The molecule has 4 aliphatic heterocycles. The van der Waals surface area contributed by atoms with E-state index < -0.39 is 0 Å². The van der Waals surface area contributed by atoms with Crippen LogP contribution in [0.5, 0.6) is 0 Å². The van der Waals surface area contributed by atoms with Gasteiger partial charge in [-0.25, -0.2) is 0 Å². The van der Waals surface area contributed by atoms with Gasteiger partial charge < -0.3 is 4.74 Å². The number of hydrogen-bond acceptors (Lipinski definition) is 3. The van der Waals surface area contributed by atoms with Crippen molar-refractivity contribution in [1.82, 2.24) is 4.90 Å². The van der Waals surface area contributed by atoms with Crippen molar-refractivity contribution in [3.05, 3.63) is 37.9 Å². The first-order valence-corrected chi connectivity index (χ1v) is 9.53. The van der Waals surface area contributed by atoms with Crippen molar-refractivity contribution in [3.63, 3.8) is 0 Å². The smallest absolute Gasteiger partial charge is 0.310 e. The van der Waals surface area contributed by atoms with Crippen LogP contribution in [-0.2, 0) is 9.53 Å². The highest BCUT2D eigenvalue weighted by atomic mass is 127. The molecule has 5 unspecified atom stereocenters. The number of benzene rings is 1. The summed E-state index contributed by atoms with van der Waals surface area (Å²) in [4.78, 5) is 14.9. The molecule has 5 rings (SSSR count). The Hall–Kier alpha value is -0.590. The Morgan fingerprint density at radius 2 is 2.26 bits per heavy atom. The number of carbonyl (C=O) groups excluding carboxylic acids is 1. The molecular formula is C18H19ClINO2. The first-order valence-electron chi connectivity index (χ1n) is 8.07. The second-order valence-corrected chi connectivity index (χ2v) is 8.40. The van der Waals surface area contributed by atoms with E-state index in [4.69, 9.17) is 16.3 Å². The van der Waals surface area contributed by atoms with Gasteiger partial charge in [-0.05, 0) is 65.5 Å². The minimum atomic E-state index is -0.0512. The van der Waals surface area contributed by atoms with E-state index in [0.717, 1.165) is 33.5 Å². The maximum Gasteiger partial charge on any atom is 0.310 e. The fourth-order valence-corrected chi connectivity index (χ4v) is 5.61. The van der Waals surface area contributed by atoms with Gasteiger partial charge in [0.15, 0.2) is 0 Å². The third-order valence-corrected chi connectivity index (χ3v) is 6.68. The summed E-state index contributed by atoms with van der Waals surface area (Å²) in [6.45, 7) is 0.968. The normalized spacial score (nSPS) is 36.5. The van der Waals surface area contributed by atoms with Crippen LogP contribution in [0, 0.1) is 15.4 Å². The highest BCUT2D eigenvalue weighted by Crippen LogP contribution is 2.51. The molecule has 4 aliphatic rings. The maximum absolute atomic E-state index is 12.4. The first kappa shape index (κ1) is 15.9. The number of fused-ring (bicyclic) bond motifs is 1. The van der Waals surface area contributed by atoms with Crippen molar-refractivity contribution in [3.8, 4) is 0 Å². The molecule has 0 aliphatic carbocycles. The van der Waals surface area contributed by atoms with Crippen LogP contribution in [0.25, 0.3) is 6.08 Å². The molecule has 4 saturated heterocycles. The van der Waals surface area contributed by atoms with Crippen LogP contribution in [0.15, 0.2) is 23.8 Å². The molecule has 4 fully saturated rings. The Labute approximate surface area is 155 Å². The molecule has 4 heterocycles. The molecule has 0 amide bonds. The van der Waals surface area contributed by atoms with Gasteiger partial charge in [-0.3, -0.25) is 9.69 Å². The maximum atomic E-state index is 12.4. The molecule has 1 aromatic rings. The van der Waals surface area contributed by atoms with Crippen molar-refractivity contribution < 1.29 is 9.53 Å². The summed E-state index contributed by atoms with van der Waals surface area (Å²) in [6.07, 6.45) is 5.61. The van der Waals surface area contributed by atoms with Crippen molar-refractivity contribution >= 4 is 46.2 Å². The molecular weight excluding hydrogens is 425 g/mol. The predicted octanol–water partition coefficient (Wildman–Crippen LogP) is 3.98. The molecule has 122 valence electrons. The van der Waals surface area contributed by atoms with Crippen molar-refractivity contribution in [2.75, 3.05) is 13.7 Å². The number of esters is 1. The highest BCUT2D eigenvalue weighted by molar-refractivity contribution is 14.1. The number of carbonyl (C=O) groups is 1. The van der Waals surface area contributed by atoms with Gasteiger partial charge in [0.05, 0.1) is 13.0 Å². The number of halogens is 2. The van der Waals surface area contributed by atoms with E-state index in [0.29, 0.717) is 18.0 Å². The summed E-state index contributed by atoms with van der Waals surface area (Å²) < 4.78 is 6.24. The van der Waals surface area contributed by atoms with Crippen LogP contribution < -0.4 is 0 Å². The minimum Gasteiger partial charge on any atom is -0.469 e. The average Bonchev–Trinajstić information content (AvgIpc) is 2.84. The minimum absolute atomic E-state index is 0.0126. The highest BCUT2D eigenvalue weighted by Gasteiger charge is 2.55. The number of methoxy groups -OCH3 is 1. The second-order valence-electron chi connectivity index (χ2n) is 6.75. The Kier molecular flexibility index (Phi) is 4.18. The van der Waals surface area contributed by atoms with Gasteiger partial charge in [-0.15, -0.1) is 0 Å². The van der Waals surface area contributed by atoms with E-state index in [1.165, 1.54) is 19.1 Å². The van der Waals surface area contributed by atoms with Crippen molar-refractivity contribution in [2.24, 2.45) is 11.8 Å². The first-order chi connectivity index (χ1) is 11.1. The van der Waals surface area contributed by atoms with Gasteiger partial charge in [0.25, 0.3) is 0 Å². The number of hydrogen-bond donors (Lipinski definition) is 0. The zero-order valence-corrected chi connectivity index (χ0v) is 15.9. The van der Waals surface area contributed by atoms with E-state index in [2.05, 4.69) is 45.7 Å². The lowest BCUT2D eigenvalue weighted by atomic mass is 9.71. The quantitative estimate of drug-likeness (QED) is 0.511. The second kappa shape index (κ2) is 6.05. The van der Waals surface area contributed by atoms with Gasteiger partial charge in [-0.2, -0.15) is 0 Å². The van der Waals surface area contributed by atoms with E-state index >= 15 is 0 Å². The molecule has 0 aromatic heterocycles. The molecule has 5 atom stereocenters. The number of piperidine rings is 3. The molecule has 0 radical (unpaired) electrons. The van der Waals surface area contributed by atoms with Crippen LogP contribution >= 0.6 is 34.2 Å². The Balaban J connectivity index is 1.71. The van der Waals surface area contributed by atoms with E-state index in [1.54, 1.807) is 0 Å². The third kappa shape index (κ3) is 2.63. The fourth-order valence-electron chi connectivity index (χ4n) is 4.70. The molecule has 23 heavy (non-hydrogen) atoms. The lowest BCUT2D eigenvalue weighted by Gasteiger charge is -2.50. The lowest BCUT2D eigenvalue weighted by molar-refractivity contribution is -0.153. The summed E-state index contributed by atoms with van der Waals surface area (Å²) in [6, 6.07) is 7.14. The van der Waals surface area contributed by atoms with Gasteiger partial charge in [0, 0.05) is 27.2 Å². The molecule has 5 heteroatoms. The molecule has 0 spiro atoms. The summed E-state index contributed by atoms with van der Waals surface area (Å²) in [5, 5.41) is 0.776. The summed E-state index contributed by atoms with van der Waals surface area (Å²) in [5.74, 6) is 0.242. The Bertz CT molecular complexity index is 690. The van der Waals surface area contributed by atoms with E-state index in [9.17, 15) is 4.79 Å². The van der Waals surface area contributed by atoms with Crippen LogP contribution in [0.1, 0.15) is 24.8 Å². The molecule has 4 bridgehead atoms. The zero-order valence-electron chi connectivity index (χ0n) is 13.0. The van der Waals surface area contributed by atoms with E-state index in [1.807, 2.05) is 6.07 Å². The van der Waals surface area contributed by atoms with Gasteiger partial charge >= 0.3 is 5.97 Å². The number of rotatable bonds is 2.